The lowest BCUT2D eigenvalue weighted by molar-refractivity contribution is 0.0695. The molecule has 1 N–H and O–H groups in total. The van der Waals surface area contributed by atoms with Gasteiger partial charge in [0.2, 0.25) is 0 Å². The highest BCUT2D eigenvalue weighted by Gasteiger charge is 2.22. The van der Waals surface area contributed by atoms with E-state index in [1.807, 2.05) is 12.1 Å². The summed E-state index contributed by atoms with van der Waals surface area (Å²) in [5, 5.41) is 9.21. The molecular formula is C17H22O3. The first-order chi connectivity index (χ1) is 9.70. The molecule has 1 aliphatic carbocycles. The molecule has 2 rings (SSSR count). The van der Waals surface area contributed by atoms with Crippen molar-refractivity contribution in [3.63, 3.8) is 0 Å². The van der Waals surface area contributed by atoms with E-state index in [1.54, 1.807) is 12.1 Å². The predicted octanol–water partition coefficient (Wildman–Crippen LogP) is 3.89. The molecule has 1 aromatic rings. The van der Waals surface area contributed by atoms with Crippen molar-refractivity contribution in [2.24, 2.45) is 11.8 Å². The summed E-state index contributed by atoms with van der Waals surface area (Å²) in [7, 11) is 0. The molecule has 1 aromatic carbocycles. The van der Waals surface area contributed by atoms with Gasteiger partial charge < -0.3 is 9.84 Å². The topological polar surface area (TPSA) is 46.5 Å². The van der Waals surface area contributed by atoms with Crippen LogP contribution in [0, 0.1) is 11.8 Å². The van der Waals surface area contributed by atoms with Crippen LogP contribution in [0.25, 0.3) is 0 Å². The van der Waals surface area contributed by atoms with E-state index in [-0.39, 0.29) is 0 Å². The van der Waals surface area contributed by atoms with Crippen LogP contribution in [0.1, 0.15) is 41.6 Å². The molecule has 0 bridgehead atoms. The van der Waals surface area contributed by atoms with E-state index in [1.165, 1.54) is 6.26 Å². The average molecular weight is 274 g/mol. The quantitative estimate of drug-likeness (QED) is 0.800. The summed E-state index contributed by atoms with van der Waals surface area (Å²) in [5.74, 6) is 0.392. The standard InChI is InChI=1S/C17H22O3/c1-2-20-12-14-9-7-13(8-10-14)11-15-5-3-4-6-16(15)17(18)19/h2-6,13-14H,1,7-12H2,(H,18,19). The van der Waals surface area contributed by atoms with Crippen LogP contribution in [0.15, 0.2) is 37.1 Å². The summed E-state index contributed by atoms with van der Waals surface area (Å²) in [6, 6.07) is 7.35. The Balaban J connectivity index is 1.89. The fourth-order valence-corrected chi connectivity index (χ4v) is 3.02. The Labute approximate surface area is 120 Å². The monoisotopic (exact) mass is 274 g/mol. The van der Waals surface area contributed by atoms with E-state index in [4.69, 9.17) is 4.74 Å². The maximum Gasteiger partial charge on any atom is 0.335 e. The Morgan fingerprint density at radius 1 is 1.25 bits per heavy atom. The van der Waals surface area contributed by atoms with E-state index in [0.29, 0.717) is 17.4 Å². The lowest BCUT2D eigenvalue weighted by Gasteiger charge is -2.28. The first-order valence-electron chi connectivity index (χ1n) is 7.24. The summed E-state index contributed by atoms with van der Waals surface area (Å²) in [5.41, 5.74) is 1.41. The van der Waals surface area contributed by atoms with Crippen molar-refractivity contribution in [1.29, 1.82) is 0 Å². The largest absolute Gasteiger partial charge is 0.502 e. The first kappa shape index (κ1) is 14.6. The van der Waals surface area contributed by atoms with Crippen LogP contribution >= 0.6 is 0 Å². The number of benzene rings is 1. The Bertz CT molecular complexity index is 459. The molecular weight excluding hydrogens is 252 g/mol. The molecule has 1 saturated carbocycles. The van der Waals surface area contributed by atoms with Gasteiger partial charge in [0.15, 0.2) is 0 Å². The third-order valence-electron chi connectivity index (χ3n) is 4.17. The van der Waals surface area contributed by atoms with Crippen molar-refractivity contribution in [1.82, 2.24) is 0 Å². The smallest absolute Gasteiger partial charge is 0.335 e. The number of aromatic carboxylic acids is 1. The van der Waals surface area contributed by atoms with Gasteiger partial charge in [-0.25, -0.2) is 4.79 Å². The number of carboxylic acid groups (broad SMARTS) is 1. The molecule has 0 aliphatic heterocycles. The summed E-state index contributed by atoms with van der Waals surface area (Å²) in [4.78, 5) is 11.2. The maximum atomic E-state index is 11.2. The molecule has 0 unspecified atom stereocenters. The van der Waals surface area contributed by atoms with Crippen molar-refractivity contribution in [2.45, 2.75) is 32.1 Å². The van der Waals surface area contributed by atoms with Crippen LogP contribution in [0.4, 0.5) is 0 Å². The lowest BCUT2D eigenvalue weighted by atomic mass is 9.79. The van der Waals surface area contributed by atoms with Crippen molar-refractivity contribution in [2.75, 3.05) is 6.61 Å². The van der Waals surface area contributed by atoms with Crippen molar-refractivity contribution >= 4 is 5.97 Å². The van der Waals surface area contributed by atoms with Crippen LogP contribution < -0.4 is 0 Å². The molecule has 3 heteroatoms. The van der Waals surface area contributed by atoms with Gasteiger partial charge in [0.25, 0.3) is 0 Å². The predicted molar refractivity (Wildman–Crippen MR) is 78.7 cm³/mol. The number of hydrogen-bond donors (Lipinski definition) is 1. The van der Waals surface area contributed by atoms with Crippen molar-refractivity contribution in [3.05, 3.63) is 48.2 Å². The van der Waals surface area contributed by atoms with Crippen LogP contribution in [0.5, 0.6) is 0 Å². The molecule has 20 heavy (non-hydrogen) atoms. The zero-order valence-electron chi connectivity index (χ0n) is 11.8. The van der Waals surface area contributed by atoms with Gasteiger partial charge in [-0.05, 0) is 55.6 Å². The third kappa shape index (κ3) is 3.86. The Hall–Kier alpha value is -1.77. The van der Waals surface area contributed by atoms with Crippen molar-refractivity contribution in [3.8, 4) is 0 Å². The van der Waals surface area contributed by atoms with Crippen molar-refractivity contribution < 1.29 is 14.6 Å². The highest BCUT2D eigenvalue weighted by atomic mass is 16.5. The van der Waals surface area contributed by atoms with Gasteiger partial charge in [-0.2, -0.15) is 0 Å². The van der Waals surface area contributed by atoms with Crippen LogP contribution in [-0.2, 0) is 11.2 Å². The molecule has 0 heterocycles. The van der Waals surface area contributed by atoms with E-state index >= 15 is 0 Å². The Kier molecular flexibility index (Phi) is 5.22. The summed E-state index contributed by atoms with van der Waals surface area (Å²) in [6.07, 6.45) is 7.01. The first-order valence-corrected chi connectivity index (χ1v) is 7.24. The second-order valence-corrected chi connectivity index (χ2v) is 5.55. The highest BCUT2D eigenvalue weighted by Crippen LogP contribution is 2.31. The second kappa shape index (κ2) is 7.13. The molecule has 1 fully saturated rings. The lowest BCUT2D eigenvalue weighted by Crippen LogP contribution is -2.20. The zero-order chi connectivity index (χ0) is 14.4. The summed E-state index contributed by atoms with van der Waals surface area (Å²) in [6.45, 7) is 4.33. The van der Waals surface area contributed by atoms with E-state index < -0.39 is 5.97 Å². The zero-order valence-corrected chi connectivity index (χ0v) is 11.8. The molecule has 0 saturated heterocycles. The number of carboxylic acids is 1. The van der Waals surface area contributed by atoms with Crippen LogP contribution in [0.3, 0.4) is 0 Å². The number of hydrogen-bond acceptors (Lipinski definition) is 2. The van der Waals surface area contributed by atoms with Crippen LogP contribution in [0.2, 0.25) is 0 Å². The summed E-state index contributed by atoms with van der Waals surface area (Å²) >= 11 is 0. The van der Waals surface area contributed by atoms with Gasteiger partial charge in [0, 0.05) is 0 Å². The van der Waals surface area contributed by atoms with E-state index in [9.17, 15) is 9.90 Å². The van der Waals surface area contributed by atoms with Gasteiger partial charge in [-0.15, -0.1) is 0 Å². The minimum absolute atomic E-state index is 0.449. The van der Waals surface area contributed by atoms with E-state index in [2.05, 4.69) is 6.58 Å². The van der Waals surface area contributed by atoms with Crippen LogP contribution in [-0.4, -0.2) is 17.7 Å². The molecule has 3 nitrogen and oxygen atoms in total. The van der Waals surface area contributed by atoms with E-state index in [0.717, 1.165) is 44.3 Å². The fraction of sp³-hybridized carbons (Fsp3) is 0.471. The Morgan fingerprint density at radius 3 is 2.55 bits per heavy atom. The molecule has 1 aliphatic rings. The fourth-order valence-electron chi connectivity index (χ4n) is 3.02. The van der Waals surface area contributed by atoms with Gasteiger partial charge in [0.05, 0.1) is 18.4 Å². The second-order valence-electron chi connectivity index (χ2n) is 5.55. The number of ether oxygens (including phenoxy) is 1. The third-order valence-corrected chi connectivity index (χ3v) is 4.17. The van der Waals surface area contributed by atoms with Gasteiger partial charge >= 0.3 is 5.97 Å². The average Bonchev–Trinajstić information content (AvgIpc) is 2.47. The van der Waals surface area contributed by atoms with Gasteiger partial charge in [0.1, 0.15) is 0 Å². The SMILES string of the molecule is C=COCC1CCC(Cc2ccccc2C(=O)O)CC1. The molecule has 0 amide bonds. The molecule has 0 aromatic heterocycles. The molecule has 108 valence electrons. The van der Waals surface area contributed by atoms with Gasteiger partial charge in [-0.1, -0.05) is 24.8 Å². The minimum Gasteiger partial charge on any atom is -0.502 e. The number of rotatable bonds is 6. The minimum atomic E-state index is -0.825. The highest BCUT2D eigenvalue weighted by molar-refractivity contribution is 5.89. The number of carbonyl (C=O) groups is 1. The molecule has 0 radical (unpaired) electrons. The Morgan fingerprint density at radius 2 is 1.90 bits per heavy atom. The maximum absolute atomic E-state index is 11.2. The van der Waals surface area contributed by atoms with Gasteiger partial charge in [-0.3, -0.25) is 0 Å². The molecule has 0 atom stereocenters. The summed E-state index contributed by atoms with van der Waals surface area (Å²) < 4.78 is 5.26. The normalized spacial score (nSPS) is 22.2. The molecule has 0 spiro atoms.